The normalized spacial score (nSPS) is 32.4. The van der Waals surface area contributed by atoms with Crippen LogP contribution >= 0.6 is 0 Å². The van der Waals surface area contributed by atoms with E-state index in [1.165, 1.54) is 25.7 Å². The van der Waals surface area contributed by atoms with Crippen molar-refractivity contribution in [3.05, 3.63) is 29.8 Å². The highest BCUT2D eigenvalue weighted by atomic mass is 16.5. The van der Waals surface area contributed by atoms with E-state index in [0.29, 0.717) is 29.7 Å². The number of carbonyl (C=O) groups excluding carboxylic acids is 2. The van der Waals surface area contributed by atoms with E-state index in [1.54, 1.807) is 24.3 Å². The van der Waals surface area contributed by atoms with Gasteiger partial charge in [0.2, 0.25) is 0 Å². The van der Waals surface area contributed by atoms with Crippen molar-refractivity contribution in [1.82, 2.24) is 5.32 Å². The van der Waals surface area contributed by atoms with Gasteiger partial charge in [0.1, 0.15) is 5.75 Å². The molecule has 2 bridgehead atoms. The summed E-state index contributed by atoms with van der Waals surface area (Å²) in [6.07, 6.45) is 7.11. The van der Waals surface area contributed by atoms with Gasteiger partial charge in [-0.05, 0) is 73.6 Å². The van der Waals surface area contributed by atoms with Crippen LogP contribution in [0.4, 0.5) is 0 Å². The number of benzene rings is 1. The van der Waals surface area contributed by atoms with E-state index < -0.39 is 0 Å². The van der Waals surface area contributed by atoms with Gasteiger partial charge in [-0.15, -0.1) is 0 Å². The van der Waals surface area contributed by atoms with E-state index in [1.807, 2.05) is 6.92 Å². The Bertz CT molecular complexity index is 654. The van der Waals surface area contributed by atoms with Crippen LogP contribution in [-0.4, -0.2) is 24.3 Å². The number of ether oxygens (including phenoxy) is 1. The first-order valence-corrected chi connectivity index (χ1v) is 9.71. The molecular formula is C21H27NO3. The van der Waals surface area contributed by atoms with Gasteiger partial charge in [-0.3, -0.25) is 9.59 Å². The highest BCUT2D eigenvalue weighted by Gasteiger charge is 2.53. The average molecular weight is 341 g/mol. The SMILES string of the molecule is CCC(=O)c1ccc(OCC(=O)NC2CC3CC2C2CCCC32)cc1. The zero-order valence-electron chi connectivity index (χ0n) is 14.9. The number of amides is 1. The van der Waals surface area contributed by atoms with Crippen LogP contribution in [0.25, 0.3) is 0 Å². The number of nitrogens with one attached hydrogen (secondary N) is 1. The van der Waals surface area contributed by atoms with Crippen LogP contribution in [0, 0.1) is 23.7 Å². The fourth-order valence-electron chi connectivity index (χ4n) is 5.57. The third-order valence-electron chi connectivity index (χ3n) is 6.64. The summed E-state index contributed by atoms with van der Waals surface area (Å²) in [6.45, 7) is 1.89. The van der Waals surface area contributed by atoms with Gasteiger partial charge < -0.3 is 10.1 Å². The molecule has 4 rings (SSSR count). The second-order valence-corrected chi connectivity index (χ2v) is 7.92. The summed E-state index contributed by atoms with van der Waals surface area (Å²) in [5, 5.41) is 3.21. The second-order valence-electron chi connectivity index (χ2n) is 7.92. The molecule has 25 heavy (non-hydrogen) atoms. The summed E-state index contributed by atoms with van der Waals surface area (Å²) < 4.78 is 5.59. The molecule has 4 nitrogen and oxygen atoms in total. The van der Waals surface area contributed by atoms with Gasteiger partial charge in [-0.25, -0.2) is 0 Å². The molecule has 1 aromatic rings. The first-order valence-electron chi connectivity index (χ1n) is 9.71. The Hall–Kier alpha value is -1.84. The molecule has 0 saturated heterocycles. The van der Waals surface area contributed by atoms with Crippen LogP contribution < -0.4 is 10.1 Å². The van der Waals surface area contributed by atoms with Crippen molar-refractivity contribution in [2.45, 2.75) is 51.5 Å². The van der Waals surface area contributed by atoms with E-state index in [2.05, 4.69) is 5.32 Å². The van der Waals surface area contributed by atoms with Gasteiger partial charge >= 0.3 is 0 Å². The molecule has 134 valence electrons. The van der Waals surface area contributed by atoms with Crippen LogP contribution in [-0.2, 0) is 4.79 Å². The highest BCUT2D eigenvalue weighted by molar-refractivity contribution is 5.95. The summed E-state index contributed by atoms with van der Waals surface area (Å²) in [4.78, 5) is 23.9. The lowest BCUT2D eigenvalue weighted by molar-refractivity contribution is -0.124. The fraction of sp³-hybridized carbons (Fsp3) is 0.619. The largest absolute Gasteiger partial charge is 0.484 e. The van der Waals surface area contributed by atoms with Crippen molar-refractivity contribution in [2.24, 2.45) is 23.7 Å². The second kappa shape index (κ2) is 6.81. The van der Waals surface area contributed by atoms with Crippen molar-refractivity contribution in [3.8, 4) is 5.75 Å². The van der Waals surface area contributed by atoms with Gasteiger partial charge in [-0.1, -0.05) is 13.3 Å². The molecule has 0 radical (unpaired) electrons. The van der Waals surface area contributed by atoms with Gasteiger partial charge in [0.25, 0.3) is 5.91 Å². The standard InChI is InChI=1S/C21H27NO3/c1-2-20(23)13-6-8-15(9-7-13)25-12-21(24)22-19-11-14-10-18(19)17-5-3-4-16(14)17/h6-9,14,16-19H,2-5,10-12H2,1H3,(H,22,24). The zero-order chi connectivity index (χ0) is 17.4. The molecule has 5 atom stereocenters. The minimum atomic E-state index is -0.0270. The summed E-state index contributed by atoms with van der Waals surface area (Å²) in [7, 11) is 0. The van der Waals surface area contributed by atoms with Gasteiger partial charge in [-0.2, -0.15) is 0 Å². The van der Waals surface area contributed by atoms with Crippen molar-refractivity contribution in [2.75, 3.05) is 6.61 Å². The average Bonchev–Trinajstić information content (AvgIpc) is 3.33. The van der Waals surface area contributed by atoms with Crippen molar-refractivity contribution in [1.29, 1.82) is 0 Å². The van der Waals surface area contributed by atoms with E-state index in [4.69, 9.17) is 4.74 Å². The molecule has 0 aliphatic heterocycles. The third kappa shape index (κ3) is 3.19. The molecule has 1 amide bonds. The lowest BCUT2D eigenvalue weighted by atomic mass is 9.79. The molecule has 0 heterocycles. The van der Waals surface area contributed by atoms with Gasteiger partial charge in [0.05, 0.1) is 0 Å². The molecule has 0 spiro atoms. The minimum Gasteiger partial charge on any atom is -0.484 e. The third-order valence-corrected chi connectivity index (χ3v) is 6.64. The maximum Gasteiger partial charge on any atom is 0.258 e. The molecule has 3 fully saturated rings. The number of fused-ring (bicyclic) bond motifs is 5. The maximum atomic E-state index is 12.3. The number of hydrogen-bond donors (Lipinski definition) is 1. The summed E-state index contributed by atoms with van der Waals surface area (Å²) >= 11 is 0. The Balaban J connectivity index is 1.27. The topological polar surface area (TPSA) is 55.4 Å². The van der Waals surface area contributed by atoms with E-state index in [9.17, 15) is 9.59 Å². The number of rotatable bonds is 6. The first kappa shape index (κ1) is 16.6. The molecule has 1 N–H and O–H groups in total. The number of hydrogen-bond acceptors (Lipinski definition) is 3. The summed E-state index contributed by atoms with van der Waals surface area (Å²) in [6, 6.07) is 7.39. The quantitative estimate of drug-likeness (QED) is 0.804. The van der Waals surface area contributed by atoms with Crippen LogP contribution in [0.15, 0.2) is 24.3 Å². The summed E-state index contributed by atoms with van der Waals surface area (Å²) in [5.41, 5.74) is 0.687. The molecule has 3 aliphatic carbocycles. The molecule has 4 heteroatoms. The van der Waals surface area contributed by atoms with Crippen molar-refractivity contribution < 1.29 is 14.3 Å². The van der Waals surface area contributed by atoms with Gasteiger partial charge in [0, 0.05) is 18.0 Å². The Morgan fingerprint density at radius 2 is 1.84 bits per heavy atom. The summed E-state index contributed by atoms with van der Waals surface area (Å²) in [5.74, 6) is 4.05. The molecule has 3 aliphatic rings. The van der Waals surface area contributed by atoms with Crippen molar-refractivity contribution in [3.63, 3.8) is 0 Å². The first-order chi connectivity index (χ1) is 12.2. The monoisotopic (exact) mass is 341 g/mol. The maximum absolute atomic E-state index is 12.3. The molecule has 0 aromatic heterocycles. The van der Waals surface area contributed by atoms with E-state index in [-0.39, 0.29) is 18.3 Å². The van der Waals surface area contributed by atoms with Gasteiger partial charge in [0.15, 0.2) is 12.4 Å². The Labute approximate surface area is 149 Å². The van der Waals surface area contributed by atoms with Crippen LogP contribution in [0.5, 0.6) is 5.75 Å². The number of ketones is 1. The lowest BCUT2D eigenvalue weighted by Crippen LogP contribution is -2.44. The molecular weight excluding hydrogens is 314 g/mol. The number of carbonyl (C=O) groups is 2. The Morgan fingerprint density at radius 1 is 1.08 bits per heavy atom. The van der Waals surface area contributed by atoms with E-state index >= 15 is 0 Å². The Kier molecular flexibility index (Phi) is 4.53. The Morgan fingerprint density at radius 3 is 2.60 bits per heavy atom. The van der Waals surface area contributed by atoms with Crippen molar-refractivity contribution >= 4 is 11.7 Å². The van der Waals surface area contributed by atoms with Crippen LogP contribution in [0.1, 0.15) is 55.8 Å². The molecule has 3 saturated carbocycles. The zero-order valence-corrected chi connectivity index (χ0v) is 14.9. The van der Waals surface area contributed by atoms with E-state index in [0.717, 1.165) is 24.2 Å². The number of Topliss-reactive ketones (excluding diaryl/α,β-unsaturated/α-hetero) is 1. The smallest absolute Gasteiger partial charge is 0.258 e. The highest BCUT2D eigenvalue weighted by Crippen LogP contribution is 2.58. The predicted octanol–water partition coefficient (Wildman–Crippen LogP) is 3.60. The molecule has 1 aromatic carbocycles. The predicted molar refractivity (Wildman–Crippen MR) is 95.5 cm³/mol. The fourth-order valence-corrected chi connectivity index (χ4v) is 5.57. The lowest BCUT2D eigenvalue weighted by Gasteiger charge is -2.32. The minimum absolute atomic E-state index is 0.0270. The molecule has 5 unspecified atom stereocenters. The van der Waals surface area contributed by atoms with Crippen LogP contribution in [0.2, 0.25) is 0 Å². The van der Waals surface area contributed by atoms with Crippen LogP contribution in [0.3, 0.4) is 0 Å².